The van der Waals surface area contributed by atoms with Gasteiger partial charge in [-0.25, -0.2) is 0 Å². The number of thioether (sulfide) groups is 1. The van der Waals surface area contributed by atoms with Crippen LogP contribution >= 0.6 is 35.8 Å². The normalized spacial score (nSPS) is 10.8. The third kappa shape index (κ3) is 7.83. The summed E-state index contributed by atoms with van der Waals surface area (Å²) in [5, 5.41) is 3.58. The average molecular weight is 411 g/mol. The molecule has 0 aliphatic heterocycles. The van der Waals surface area contributed by atoms with E-state index < -0.39 is 0 Å². The summed E-state index contributed by atoms with van der Waals surface area (Å²) in [7, 11) is 4.15. The van der Waals surface area contributed by atoms with Crippen molar-refractivity contribution in [2.45, 2.75) is 11.3 Å². The summed E-state index contributed by atoms with van der Waals surface area (Å²) in [4.78, 5) is 15.5. The summed E-state index contributed by atoms with van der Waals surface area (Å²) in [5.74, 6) is 0.849. The van der Waals surface area contributed by atoms with Gasteiger partial charge in [0.2, 0.25) is 5.91 Å². The Bertz CT molecular complexity index is 735. The highest BCUT2D eigenvalue weighted by Crippen LogP contribution is 2.27. The van der Waals surface area contributed by atoms with Crippen molar-refractivity contribution in [3.63, 3.8) is 0 Å². The SMILES string of the molecule is CN(C)CCCSc1ccccc1NC(=O)/C=C/c1ccccc1Cl.Cl. The lowest BCUT2D eigenvalue weighted by molar-refractivity contribution is -0.111. The van der Waals surface area contributed by atoms with Crippen molar-refractivity contribution in [2.24, 2.45) is 0 Å². The van der Waals surface area contributed by atoms with Crippen molar-refractivity contribution in [3.8, 4) is 0 Å². The van der Waals surface area contributed by atoms with E-state index in [9.17, 15) is 4.79 Å². The first-order valence-corrected chi connectivity index (χ1v) is 9.53. The number of anilines is 1. The molecule has 0 saturated heterocycles. The van der Waals surface area contributed by atoms with Gasteiger partial charge in [-0.2, -0.15) is 0 Å². The van der Waals surface area contributed by atoms with Crippen LogP contribution in [0.1, 0.15) is 12.0 Å². The molecule has 0 fully saturated rings. The smallest absolute Gasteiger partial charge is 0.248 e. The molecule has 26 heavy (non-hydrogen) atoms. The number of para-hydroxylation sites is 1. The van der Waals surface area contributed by atoms with Gasteiger partial charge in [0.1, 0.15) is 0 Å². The summed E-state index contributed by atoms with van der Waals surface area (Å²) >= 11 is 7.86. The largest absolute Gasteiger partial charge is 0.321 e. The molecular formula is C20H24Cl2N2OS. The molecule has 0 bridgehead atoms. The van der Waals surface area contributed by atoms with Crippen LogP contribution in [0.4, 0.5) is 5.69 Å². The van der Waals surface area contributed by atoms with E-state index in [1.165, 1.54) is 6.08 Å². The van der Waals surface area contributed by atoms with Crippen LogP contribution in [0.2, 0.25) is 5.02 Å². The summed E-state index contributed by atoms with van der Waals surface area (Å²) < 4.78 is 0. The molecule has 1 amide bonds. The van der Waals surface area contributed by atoms with Gasteiger partial charge < -0.3 is 10.2 Å². The molecule has 3 nitrogen and oxygen atoms in total. The second-order valence-corrected chi connectivity index (χ2v) is 7.39. The number of rotatable bonds is 8. The number of halogens is 2. The Morgan fingerprint density at radius 1 is 1.15 bits per heavy atom. The second-order valence-electron chi connectivity index (χ2n) is 5.85. The number of amides is 1. The Morgan fingerprint density at radius 3 is 2.58 bits per heavy atom. The van der Waals surface area contributed by atoms with Crippen molar-refractivity contribution in [3.05, 3.63) is 65.2 Å². The maximum Gasteiger partial charge on any atom is 0.248 e. The number of hydrogen-bond donors (Lipinski definition) is 1. The Hall–Kier alpha value is -1.46. The topological polar surface area (TPSA) is 32.3 Å². The van der Waals surface area contributed by atoms with Gasteiger partial charge >= 0.3 is 0 Å². The molecule has 0 unspecified atom stereocenters. The van der Waals surface area contributed by atoms with E-state index >= 15 is 0 Å². The number of carbonyl (C=O) groups is 1. The van der Waals surface area contributed by atoms with Crippen LogP contribution in [-0.2, 0) is 4.79 Å². The number of nitrogens with one attached hydrogen (secondary N) is 1. The van der Waals surface area contributed by atoms with Crippen molar-refractivity contribution >= 4 is 53.4 Å². The second kappa shape index (κ2) is 12.0. The highest BCUT2D eigenvalue weighted by atomic mass is 35.5. The maximum atomic E-state index is 12.2. The van der Waals surface area contributed by atoms with Gasteiger partial charge in [0, 0.05) is 16.0 Å². The van der Waals surface area contributed by atoms with Crippen molar-refractivity contribution < 1.29 is 4.79 Å². The van der Waals surface area contributed by atoms with E-state index in [1.807, 2.05) is 42.5 Å². The molecule has 2 aromatic carbocycles. The zero-order chi connectivity index (χ0) is 18.1. The summed E-state index contributed by atoms with van der Waals surface area (Å²) in [6.07, 6.45) is 4.34. The summed E-state index contributed by atoms with van der Waals surface area (Å²) in [6, 6.07) is 15.3. The molecule has 0 heterocycles. The van der Waals surface area contributed by atoms with Crippen LogP contribution in [0, 0.1) is 0 Å². The fourth-order valence-corrected chi connectivity index (χ4v) is 3.35. The maximum absolute atomic E-state index is 12.2. The van der Waals surface area contributed by atoms with Crippen molar-refractivity contribution in [1.29, 1.82) is 0 Å². The Balaban J connectivity index is 0.00000338. The first kappa shape index (κ1) is 22.6. The van der Waals surface area contributed by atoms with Crippen LogP contribution in [-0.4, -0.2) is 37.2 Å². The summed E-state index contributed by atoms with van der Waals surface area (Å²) in [5.41, 5.74) is 1.66. The standard InChI is InChI=1S/C20H23ClN2OS.ClH/c1-23(2)14-7-15-25-19-11-6-5-10-18(19)22-20(24)13-12-16-8-3-4-9-17(16)21;/h3-6,8-13H,7,14-15H2,1-2H3,(H,22,24);1H/b13-12+;. The van der Waals surface area contributed by atoms with Gasteiger partial charge in [-0.1, -0.05) is 41.9 Å². The first-order chi connectivity index (χ1) is 12.1. The Kier molecular flexibility index (Phi) is 10.4. The number of nitrogens with zero attached hydrogens (tertiary/aromatic N) is 1. The highest BCUT2D eigenvalue weighted by molar-refractivity contribution is 7.99. The Labute approximate surface area is 171 Å². The van der Waals surface area contributed by atoms with Crippen LogP contribution in [0.3, 0.4) is 0 Å². The molecule has 0 atom stereocenters. The Morgan fingerprint density at radius 2 is 1.85 bits per heavy atom. The minimum absolute atomic E-state index is 0. The van der Waals surface area contributed by atoms with Gasteiger partial charge in [-0.3, -0.25) is 4.79 Å². The van der Waals surface area contributed by atoms with Gasteiger partial charge in [0.15, 0.2) is 0 Å². The van der Waals surface area contributed by atoms with Gasteiger partial charge in [-0.15, -0.1) is 24.2 Å². The molecule has 0 spiro atoms. The molecule has 2 rings (SSSR count). The summed E-state index contributed by atoms with van der Waals surface area (Å²) in [6.45, 7) is 1.06. The highest BCUT2D eigenvalue weighted by Gasteiger charge is 2.05. The van der Waals surface area contributed by atoms with Crippen LogP contribution in [0.5, 0.6) is 0 Å². The van der Waals surface area contributed by atoms with E-state index in [2.05, 4.69) is 24.3 Å². The van der Waals surface area contributed by atoms with E-state index in [0.717, 1.165) is 34.9 Å². The van der Waals surface area contributed by atoms with Crippen LogP contribution in [0.15, 0.2) is 59.5 Å². The first-order valence-electron chi connectivity index (χ1n) is 8.16. The predicted octanol–water partition coefficient (Wildman–Crippen LogP) is 5.46. The number of hydrogen-bond acceptors (Lipinski definition) is 3. The predicted molar refractivity (Wildman–Crippen MR) is 117 cm³/mol. The molecule has 0 radical (unpaired) electrons. The van der Waals surface area contributed by atoms with Gasteiger partial charge in [-0.05, 0) is 62.7 Å². The van der Waals surface area contributed by atoms with E-state index in [0.29, 0.717) is 5.02 Å². The fourth-order valence-electron chi connectivity index (χ4n) is 2.21. The molecule has 2 aromatic rings. The zero-order valence-corrected chi connectivity index (χ0v) is 17.3. The molecule has 140 valence electrons. The van der Waals surface area contributed by atoms with E-state index in [1.54, 1.807) is 23.9 Å². The van der Waals surface area contributed by atoms with Crippen molar-refractivity contribution in [2.75, 3.05) is 31.7 Å². The minimum Gasteiger partial charge on any atom is -0.321 e. The minimum atomic E-state index is -0.165. The number of benzene rings is 2. The van der Waals surface area contributed by atoms with E-state index in [-0.39, 0.29) is 18.3 Å². The lowest BCUT2D eigenvalue weighted by Gasteiger charge is -2.11. The van der Waals surface area contributed by atoms with E-state index in [4.69, 9.17) is 11.6 Å². The molecule has 6 heteroatoms. The quantitative estimate of drug-likeness (QED) is 0.356. The molecule has 1 N–H and O–H groups in total. The number of carbonyl (C=O) groups excluding carboxylic acids is 1. The van der Waals surface area contributed by atoms with Crippen LogP contribution < -0.4 is 5.32 Å². The monoisotopic (exact) mass is 410 g/mol. The molecule has 0 aromatic heterocycles. The third-order valence-electron chi connectivity index (χ3n) is 3.47. The lowest BCUT2D eigenvalue weighted by Crippen LogP contribution is -2.13. The molecule has 0 saturated carbocycles. The molecule has 0 aliphatic rings. The van der Waals surface area contributed by atoms with Crippen molar-refractivity contribution in [1.82, 2.24) is 4.90 Å². The zero-order valence-electron chi connectivity index (χ0n) is 14.9. The van der Waals surface area contributed by atoms with Crippen LogP contribution in [0.25, 0.3) is 6.08 Å². The van der Waals surface area contributed by atoms with Gasteiger partial charge in [0.05, 0.1) is 5.69 Å². The third-order valence-corrected chi connectivity index (χ3v) is 4.98. The molecule has 0 aliphatic carbocycles. The lowest BCUT2D eigenvalue weighted by atomic mass is 10.2. The fraction of sp³-hybridized carbons (Fsp3) is 0.250. The molecular weight excluding hydrogens is 387 g/mol. The average Bonchev–Trinajstić information content (AvgIpc) is 2.59. The van der Waals surface area contributed by atoms with Gasteiger partial charge in [0.25, 0.3) is 0 Å².